The van der Waals surface area contributed by atoms with Gasteiger partial charge in [0.1, 0.15) is 5.69 Å². The van der Waals surface area contributed by atoms with E-state index in [0.29, 0.717) is 17.3 Å². The van der Waals surface area contributed by atoms with Gasteiger partial charge in [-0.3, -0.25) is 0 Å². The molecule has 1 fully saturated rings. The standard InChI is InChI=1S/C13H16N4OS/c14-9-5-6-11(15-7-9)13-16-12(17-18-13)8-19-10-3-1-2-4-10/h5-7,10H,1-4,8,14H2. The molecule has 2 N–H and O–H groups in total. The Hall–Kier alpha value is -1.56. The number of nitrogens with zero attached hydrogens (tertiary/aromatic N) is 3. The quantitative estimate of drug-likeness (QED) is 0.925. The van der Waals surface area contributed by atoms with E-state index in [0.717, 1.165) is 16.8 Å². The molecule has 6 heteroatoms. The number of nitrogen functional groups attached to an aromatic ring is 1. The zero-order valence-electron chi connectivity index (χ0n) is 10.6. The summed E-state index contributed by atoms with van der Waals surface area (Å²) < 4.78 is 5.23. The highest BCUT2D eigenvalue weighted by atomic mass is 32.2. The first kappa shape index (κ1) is 12.5. The molecule has 0 amide bonds. The zero-order valence-corrected chi connectivity index (χ0v) is 11.4. The molecule has 19 heavy (non-hydrogen) atoms. The Kier molecular flexibility index (Phi) is 3.68. The number of aromatic nitrogens is 3. The SMILES string of the molecule is Nc1ccc(-c2nc(CSC3CCCC3)no2)nc1. The molecule has 0 spiro atoms. The molecule has 2 heterocycles. The number of pyridine rings is 1. The molecular weight excluding hydrogens is 260 g/mol. The molecule has 2 aromatic rings. The second kappa shape index (κ2) is 5.61. The summed E-state index contributed by atoms with van der Waals surface area (Å²) in [4.78, 5) is 8.54. The smallest absolute Gasteiger partial charge is 0.276 e. The summed E-state index contributed by atoms with van der Waals surface area (Å²) in [5.41, 5.74) is 6.89. The van der Waals surface area contributed by atoms with Gasteiger partial charge < -0.3 is 10.3 Å². The van der Waals surface area contributed by atoms with Gasteiger partial charge in [0.25, 0.3) is 5.89 Å². The van der Waals surface area contributed by atoms with Gasteiger partial charge in [0.2, 0.25) is 0 Å². The maximum atomic E-state index is 5.59. The number of rotatable bonds is 4. The topological polar surface area (TPSA) is 77.8 Å². The molecule has 0 aromatic carbocycles. The lowest BCUT2D eigenvalue weighted by Crippen LogP contribution is -1.96. The Bertz CT molecular complexity index is 534. The van der Waals surface area contributed by atoms with Gasteiger partial charge in [-0.15, -0.1) is 0 Å². The van der Waals surface area contributed by atoms with Crippen molar-refractivity contribution < 1.29 is 4.52 Å². The molecule has 100 valence electrons. The van der Waals surface area contributed by atoms with E-state index >= 15 is 0 Å². The fourth-order valence-electron chi connectivity index (χ4n) is 2.20. The monoisotopic (exact) mass is 276 g/mol. The van der Waals surface area contributed by atoms with Crippen LogP contribution in [0, 0.1) is 0 Å². The zero-order chi connectivity index (χ0) is 13.1. The first-order chi connectivity index (χ1) is 9.31. The van der Waals surface area contributed by atoms with Crippen LogP contribution in [0.15, 0.2) is 22.9 Å². The van der Waals surface area contributed by atoms with Gasteiger partial charge in [-0.2, -0.15) is 16.7 Å². The van der Waals surface area contributed by atoms with E-state index in [2.05, 4.69) is 15.1 Å². The predicted octanol–water partition coefficient (Wildman–Crippen LogP) is 2.89. The molecular formula is C13H16N4OS. The largest absolute Gasteiger partial charge is 0.397 e. The number of anilines is 1. The van der Waals surface area contributed by atoms with E-state index in [9.17, 15) is 0 Å². The Labute approximate surface area is 116 Å². The summed E-state index contributed by atoms with van der Waals surface area (Å²) in [6, 6.07) is 3.57. The minimum atomic E-state index is 0.460. The van der Waals surface area contributed by atoms with Crippen LogP contribution in [0.2, 0.25) is 0 Å². The fourth-order valence-corrected chi connectivity index (χ4v) is 3.36. The van der Waals surface area contributed by atoms with E-state index in [4.69, 9.17) is 10.3 Å². The minimum Gasteiger partial charge on any atom is -0.397 e. The van der Waals surface area contributed by atoms with E-state index < -0.39 is 0 Å². The van der Waals surface area contributed by atoms with Crippen LogP contribution in [0.5, 0.6) is 0 Å². The summed E-state index contributed by atoms with van der Waals surface area (Å²) in [5, 5.41) is 4.76. The predicted molar refractivity (Wildman–Crippen MR) is 75.5 cm³/mol. The molecule has 0 radical (unpaired) electrons. The van der Waals surface area contributed by atoms with Gasteiger partial charge in [0, 0.05) is 5.25 Å². The van der Waals surface area contributed by atoms with Crippen molar-refractivity contribution in [3.63, 3.8) is 0 Å². The highest BCUT2D eigenvalue weighted by Crippen LogP contribution is 2.31. The van der Waals surface area contributed by atoms with Crippen LogP contribution < -0.4 is 5.73 Å². The van der Waals surface area contributed by atoms with Gasteiger partial charge in [-0.1, -0.05) is 18.0 Å². The van der Waals surface area contributed by atoms with Gasteiger partial charge in [-0.05, 0) is 25.0 Å². The van der Waals surface area contributed by atoms with Crippen LogP contribution in [-0.2, 0) is 5.75 Å². The van der Waals surface area contributed by atoms with E-state index in [1.54, 1.807) is 18.3 Å². The molecule has 2 aromatic heterocycles. The van der Waals surface area contributed by atoms with Crippen molar-refractivity contribution in [2.45, 2.75) is 36.7 Å². The van der Waals surface area contributed by atoms with E-state index in [1.807, 2.05) is 11.8 Å². The van der Waals surface area contributed by atoms with Crippen molar-refractivity contribution in [1.82, 2.24) is 15.1 Å². The van der Waals surface area contributed by atoms with Crippen molar-refractivity contribution in [3.8, 4) is 11.6 Å². The van der Waals surface area contributed by atoms with Crippen molar-refractivity contribution >= 4 is 17.4 Å². The lowest BCUT2D eigenvalue weighted by molar-refractivity contribution is 0.424. The first-order valence-corrected chi connectivity index (χ1v) is 7.52. The van der Waals surface area contributed by atoms with Gasteiger partial charge in [0.05, 0.1) is 17.6 Å². The summed E-state index contributed by atoms with van der Waals surface area (Å²) in [6.45, 7) is 0. The van der Waals surface area contributed by atoms with Crippen molar-refractivity contribution in [3.05, 3.63) is 24.2 Å². The highest BCUT2D eigenvalue weighted by Gasteiger charge is 2.17. The van der Waals surface area contributed by atoms with Crippen LogP contribution in [0.3, 0.4) is 0 Å². The molecule has 5 nitrogen and oxygen atoms in total. The maximum absolute atomic E-state index is 5.59. The number of hydrogen-bond acceptors (Lipinski definition) is 6. The lowest BCUT2D eigenvalue weighted by Gasteiger charge is -2.04. The third-order valence-corrected chi connectivity index (χ3v) is 4.59. The van der Waals surface area contributed by atoms with Crippen molar-refractivity contribution in [1.29, 1.82) is 0 Å². The van der Waals surface area contributed by atoms with Crippen molar-refractivity contribution in [2.24, 2.45) is 0 Å². The molecule has 1 saturated carbocycles. The van der Waals surface area contributed by atoms with Crippen LogP contribution in [-0.4, -0.2) is 20.4 Å². The van der Waals surface area contributed by atoms with Crippen LogP contribution in [0.1, 0.15) is 31.5 Å². The Morgan fingerprint density at radius 1 is 1.32 bits per heavy atom. The second-order valence-corrected chi connectivity index (χ2v) is 6.00. The second-order valence-electron chi connectivity index (χ2n) is 4.71. The Morgan fingerprint density at radius 2 is 2.16 bits per heavy atom. The lowest BCUT2D eigenvalue weighted by atomic mass is 10.3. The highest BCUT2D eigenvalue weighted by molar-refractivity contribution is 7.99. The summed E-state index contributed by atoms with van der Waals surface area (Å²) >= 11 is 1.92. The molecule has 3 rings (SSSR count). The third kappa shape index (κ3) is 3.07. The Morgan fingerprint density at radius 3 is 2.89 bits per heavy atom. The number of nitrogens with two attached hydrogens (primary N) is 1. The molecule has 0 unspecified atom stereocenters. The average Bonchev–Trinajstić information content (AvgIpc) is 3.09. The average molecular weight is 276 g/mol. The summed E-state index contributed by atoms with van der Waals surface area (Å²) in [7, 11) is 0. The summed E-state index contributed by atoms with van der Waals surface area (Å²) in [5.74, 6) is 2.01. The number of hydrogen-bond donors (Lipinski definition) is 1. The Balaban J connectivity index is 1.63. The van der Waals surface area contributed by atoms with Crippen LogP contribution in [0.4, 0.5) is 5.69 Å². The van der Waals surface area contributed by atoms with E-state index in [-0.39, 0.29) is 0 Å². The van der Waals surface area contributed by atoms with Gasteiger partial charge in [0.15, 0.2) is 5.82 Å². The molecule has 1 aliphatic carbocycles. The maximum Gasteiger partial charge on any atom is 0.276 e. The van der Waals surface area contributed by atoms with E-state index in [1.165, 1.54) is 25.7 Å². The molecule has 1 aliphatic rings. The fraction of sp³-hybridized carbons (Fsp3) is 0.462. The number of thioether (sulfide) groups is 1. The third-order valence-electron chi connectivity index (χ3n) is 3.22. The molecule has 0 atom stereocenters. The normalized spacial score (nSPS) is 16.0. The van der Waals surface area contributed by atoms with Gasteiger partial charge >= 0.3 is 0 Å². The first-order valence-electron chi connectivity index (χ1n) is 6.47. The van der Waals surface area contributed by atoms with Gasteiger partial charge in [-0.25, -0.2) is 4.98 Å². The molecule has 0 aliphatic heterocycles. The minimum absolute atomic E-state index is 0.460. The van der Waals surface area contributed by atoms with Crippen molar-refractivity contribution in [2.75, 3.05) is 5.73 Å². The van der Waals surface area contributed by atoms with Crippen LogP contribution in [0.25, 0.3) is 11.6 Å². The molecule has 0 bridgehead atoms. The molecule has 0 saturated heterocycles. The van der Waals surface area contributed by atoms with Crippen LogP contribution >= 0.6 is 11.8 Å². The summed E-state index contributed by atoms with van der Waals surface area (Å²) in [6.07, 6.45) is 6.92.